The quantitative estimate of drug-likeness (QED) is 0.911. The Hall–Kier alpha value is -2.56. The molecule has 2 aromatic rings. The molecule has 0 unspecified atom stereocenters. The highest BCUT2D eigenvalue weighted by Gasteiger charge is 2.22. The topological polar surface area (TPSA) is 57.3 Å². The summed E-state index contributed by atoms with van der Waals surface area (Å²) in [7, 11) is 0. The largest absolute Gasteiger partial charge is 0.384 e. The van der Waals surface area contributed by atoms with E-state index in [1.807, 2.05) is 42.6 Å². The van der Waals surface area contributed by atoms with Crippen LogP contribution in [0.5, 0.6) is 0 Å². The van der Waals surface area contributed by atoms with Gasteiger partial charge in [0.05, 0.1) is 0 Å². The SMILES string of the molecule is O=C(NC1CCN(c2ccccn2)CC1)c1ccc2c(c1)CCN2. The van der Waals surface area contributed by atoms with Crippen LogP contribution < -0.4 is 15.5 Å². The van der Waals surface area contributed by atoms with Crippen LogP contribution in [0.3, 0.4) is 0 Å². The predicted molar refractivity (Wildman–Crippen MR) is 95.6 cm³/mol. The van der Waals surface area contributed by atoms with Crippen molar-refractivity contribution in [1.29, 1.82) is 0 Å². The third kappa shape index (κ3) is 3.07. The van der Waals surface area contributed by atoms with E-state index in [0.29, 0.717) is 0 Å². The van der Waals surface area contributed by atoms with E-state index < -0.39 is 0 Å². The molecule has 3 heterocycles. The second-order valence-corrected chi connectivity index (χ2v) is 6.47. The highest BCUT2D eigenvalue weighted by Crippen LogP contribution is 2.23. The van der Waals surface area contributed by atoms with Gasteiger partial charge in [-0.1, -0.05) is 6.07 Å². The summed E-state index contributed by atoms with van der Waals surface area (Å²) in [5.41, 5.74) is 3.17. The number of amides is 1. The molecule has 24 heavy (non-hydrogen) atoms. The molecule has 1 saturated heterocycles. The zero-order valence-corrected chi connectivity index (χ0v) is 13.7. The van der Waals surface area contributed by atoms with Crippen molar-refractivity contribution >= 4 is 17.4 Å². The summed E-state index contributed by atoms with van der Waals surface area (Å²) in [4.78, 5) is 19.2. The first-order valence-electron chi connectivity index (χ1n) is 8.63. The number of nitrogens with one attached hydrogen (secondary N) is 2. The van der Waals surface area contributed by atoms with Crippen LogP contribution in [-0.2, 0) is 6.42 Å². The normalized spacial score (nSPS) is 17.2. The minimum atomic E-state index is 0.0426. The molecule has 1 amide bonds. The molecule has 0 saturated carbocycles. The molecule has 1 aromatic heterocycles. The van der Waals surface area contributed by atoms with Crippen molar-refractivity contribution in [2.24, 2.45) is 0 Å². The Morgan fingerprint density at radius 3 is 2.88 bits per heavy atom. The first-order chi connectivity index (χ1) is 11.8. The van der Waals surface area contributed by atoms with E-state index in [9.17, 15) is 4.79 Å². The number of carbonyl (C=O) groups excluding carboxylic acids is 1. The number of hydrogen-bond donors (Lipinski definition) is 2. The number of rotatable bonds is 3. The Labute approximate surface area is 142 Å². The maximum atomic E-state index is 12.5. The molecule has 0 atom stereocenters. The number of fused-ring (bicyclic) bond motifs is 1. The fraction of sp³-hybridized carbons (Fsp3) is 0.368. The first kappa shape index (κ1) is 15.0. The van der Waals surface area contributed by atoms with Crippen molar-refractivity contribution in [3.8, 4) is 0 Å². The second-order valence-electron chi connectivity index (χ2n) is 6.47. The summed E-state index contributed by atoms with van der Waals surface area (Å²) in [6, 6.07) is 12.2. The van der Waals surface area contributed by atoms with Crippen molar-refractivity contribution in [2.45, 2.75) is 25.3 Å². The van der Waals surface area contributed by atoms with Gasteiger partial charge in [0, 0.05) is 43.1 Å². The molecule has 0 bridgehead atoms. The summed E-state index contributed by atoms with van der Waals surface area (Å²) in [5.74, 6) is 1.06. The molecule has 4 rings (SSSR count). The Balaban J connectivity index is 1.34. The van der Waals surface area contributed by atoms with Crippen LogP contribution in [0.1, 0.15) is 28.8 Å². The molecule has 2 aliphatic rings. The summed E-state index contributed by atoms with van der Waals surface area (Å²) < 4.78 is 0. The lowest BCUT2D eigenvalue weighted by Crippen LogP contribution is -2.45. The number of carbonyl (C=O) groups is 1. The van der Waals surface area contributed by atoms with E-state index in [4.69, 9.17) is 0 Å². The molecule has 5 heteroatoms. The van der Waals surface area contributed by atoms with Gasteiger partial charge in [-0.2, -0.15) is 0 Å². The fourth-order valence-corrected chi connectivity index (χ4v) is 3.51. The summed E-state index contributed by atoms with van der Waals surface area (Å²) in [6.45, 7) is 2.82. The van der Waals surface area contributed by atoms with Crippen LogP contribution in [0.15, 0.2) is 42.6 Å². The molecule has 124 valence electrons. The van der Waals surface area contributed by atoms with Crippen LogP contribution in [0.2, 0.25) is 0 Å². The van der Waals surface area contributed by atoms with Gasteiger partial charge in [0.25, 0.3) is 5.91 Å². The second kappa shape index (κ2) is 6.51. The van der Waals surface area contributed by atoms with Crippen LogP contribution in [0.4, 0.5) is 11.5 Å². The van der Waals surface area contributed by atoms with Crippen molar-refractivity contribution < 1.29 is 4.79 Å². The van der Waals surface area contributed by atoms with Crippen LogP contribution in [0.25, 0.3) is 0 Å². The number of aromatic nitrogens is 1. The number of pyridine rings is 1. The van der Waals surface area contributed by atoms with E-state index >= 15 is 0 Å². The summed E-state index contributed by atoms with van der Waals surface area (Å²) in [6.07, 6.45) is 4.73. The highest BCUT2D eigenvalue weighted by molar-refractivity contribution is 5.95. The van der Waals surface area contributed by atoms with Gasteiger partial charge >= 0.3 is 0 Å². The van der Waals surface area contributed by atoms with Gasteiger partial charge in [-0.15, -0.1) is 0 Å². The van der Waals surface area contributed by atoms with E-state index in [0.717, 1.165) is 56.0 Å². The van der Waals surface area contributed by atoms with E-state index in [-0.39, 0.29) is 11.9 Å². The van der Waals surface area contributed by atoms with Gasteiger partial charge in [0.2, 0.25) is 0 Å². The molecule has 1 fully saturated rings. The third-order valence-corrected chi connectivity index (χ3v) is 4.88. The molecule has 2 aliphatic heterocycles. The zero-order valence-electron chi connectivity index (χ0n) is 13.7. The molecule has 0 radical (unpaired) electrons. The van der Waals surface area contributed by atoms with Gasteiger partial charge < -0.3 is 15.5 Å². The Kier molecular flexibility index (Phi) is 4.07. The molecule has 1 aromatic carbocycles. The maximum Gasteiger partial charge on any atom is 0.251 e. The van der Waals surface area contributed by atoms with Crippen LogP contribution in [-0.4, -0.2) is 36.6 Å². The average Bonchev–Trinajstić information content (AvgIpc) is 3.11. The number of piperidine rings is 1. The standard InChI is InChI=1S/C19H22N4O/c24-19(15-4-5-17-14(13-15)6-10-20-17)22-16-7-11-23(12-8-16)18-3-1-2-9-21-18/h1-5,9,13,16,20H,6-8,10-12H2,(H,22,24). The Morgan fingerprint density at radius 1 is 1.21 bits per heavy atom. The van der Waals surface area contributed by atoms with Gasteiger partial charge in [0.1, 0.15) is 5.82 Å². The number of benzene rings is 1. The molecule has 0 aliphatic carbocycles. The summed E-state index contributed by atoms with van der Waals surface area (Å²) >= 11 is 0. The monoisotopic (exact) mass is 322 g/mol. The smallest absolute Gasteiger partial charge is 0.251 e. The van der Waals surface area contributed by atoms with Crippen molar-refractivity contribution in [1.82, 2.24) is 10.3 Å². The van der Waals surface area contributed by atoms with E-state index in [2.05, 4.69) is 20.5 Å². The van der Waals surface area contributed by atoms with Gasteiger partial charge in [-0.3, -0.25) is 4.79 Å². The lowest BCUT2D eigenvalue weighted by Gasteiger charge is -2.33. The number of anilines is 2. The summed E-state index contributed by atoms with van der Waals surface area (Å²) in [5, 5.41) is 6.52. The highest BCUT2D eigenvalue weighted by atomic mass is 16.1. The van der Waals surface area contributed by atoms with Gasteiger partial charge in [-0.05, 0) is 55.2 Å². The predicted octanol–water partition coefficient (Wildman–Crippen LogP) is 2.45. The number of nitrogens with zero attached hydrogens (tertiary/aromatic N) is 2. The Morgan fingerprint density at radius 2 is 2.08 bits per heavy atom. The van der Waals surface area contributed by atoms with Gasteiger partial charge in [-0.25, -0.2) is 4.98 Å². The van der Waals surface area contributed by atoms with Crippen LogP contribution in [0, 0.1) is 0 Å². The van der Waals surface area contributed by atoms with E-state index in [1.165, 1.54) is 5.56 Å². The third-order valence-electron chi connectivity index (χ3n) is 4.88. The molecule has 0 spiro atoms. The molecule has 5 nitrogen and oxygen atoms in total. The lowest BCUT2D eigenvalue weighted by atomic mass is 10.0. The lowest BCUT2D eigenvalue weighted by molar-refractivity contribution is 0.0931. The van der Waals surface area contributed by atoms with E-state index in [1.54, 1.807) is 0 Å². The van der Waals surface area contributed by atoms with Gasteiger partial charge in [0.15, 0.2) is 0 Å². The Bertz CT molecular complexity index is 723. The maximum absolute atomic E-state index is 12.5. The minimum absolute atomic E-state index is 0.0426. The van der Waals surface area contributed by atoms with Crippen molar-refractivity contribution in [3.05, 3.63) is 53.7 Å². The fourth-order valence-electron chi connectivity index (χ4n) is 3.51. The van der Waals surface area contributed by atoms with Crippen LogP contribution >= 0.6 is 0 Å². The number of hydrogen-bond acceptors (Lipinski definition) is 4. The van der Waals surface area contributed by atoms with Crippen molar-refractivity contribution in [3.63, 3.8) is 0 Å². The minimum Gasteiger partial charge on any atom is -0.384 e. The molecule has 2 N–H and O–H groups in total. The average molecular weight is 322 g/mol. The van der Waals surface area contributed by atoms with Crippen molar-refractivity contribution in [2.75, 3.05) is 29.9 Å². The first-order valence-corrected chi connectivity index (χ1v) is 8.63. The molecular formula is C19H22N4O. The zero-order chi connectivity index (χ0) is 16.4. The molecular weight excluding hydrogens is 300 g/mol.